The number of ether oxygens (including phenoxy) is 1. The van der Waals surface area contributed by atoms with Crippen LogP contribution in [0.4, 0.5) is 9.18 Å². The highest BCUT2D eigenvalue weighted by Crippen LogP contribution is 2.27. The summed E-state index contributed by atoms with van der Waals surface area (Å²) in [6.45, 7) is 1.28. The molecule has 0 radical (unpaired) electrons. The van der Waals surface area contributed by atoms with Crippen LogP contribution in [0.5, 0.6) is 5.75 Å². The number of imide groups is 1. The van der Waals surface area contributed by atoms with E-state index in [1.807, 2.05) is 0 Å². The van der Waals surface area contributed by atoms with E-state index in [1.54, 1.807) is 25.1 Å². The fourth-order valence-electron chi connectivity index (χ4n) is 3.90. The van der Waals surface area contributed by atoms with Gasteiger partial charge in [-0.2, -0.15) is 0 Å². The Balaban J connectivity index is 1.81. The van der Waals surface area contributed by atoms with Crippen molar-refractivity contribution < 1.29 is 33.4 Å². The number of halogens is 2. The average molecular weight is 506 g/mol. The van der Waals surface area contributed by atoms with Gasteiger partial charge in [-0.1, -0.05) is 24.6 Å². The highest BCUT2D eigenvalue weighted by molar-refractivity contribution is 6.30. The Hall–Kier alpha value is -3.66. The molecular formula is C24H25ClFN3O6. The molecule has 1 fully saturated rings. The van der Waals surface area contributed by atoms with Crippen LogP contribution in [0.2, 0.25) is 5.02 Å². The zero-order valence-corrected chi connectivity index (χ0v) is 19.9. The summed E-state index contributed by atoms with van der Waals surface area (Å²) in [6.07, 6.45) is 0.501. The number of amides is 4. The van der Waals surface area contributed by atoms with Crippen LogP contribution >= 0.6 is 11.6 Å². The first-order chi connectivity index (χ1) is 16.6. The molecule has 1 heterocycles. The lowest BCUT2D eigenvalue weighted by Crippen LogP contribution is -2.48. The van der Waals surface area contributed by atoms with Crippen molar-refractivity contribution in [2.24, 2.45) is 5.92 Å². The molecule has 2 unspecified atom stereocenters. The van der Waals surface area contributed by atoms with Gasteiger partial charge in [-0.25, -0.2) is 14.0 Å². The second-order valence-corrected chi connectivity index (χ2v) is 8.48. The highest BCUT2D eigenvalue weighted by Gasteiger charge is 2.35. The van der Waals surface area contributed by atoms with E-state index in [4.69, 9.17) is 21.4 Å². The number of carbonyl (C=O) groups excluding carboxylic acids is 3. The molecular weight excluding hydrogens is 481 g/mol. The van der Waals surface area contributed by atoms with Gasteiger partial charge in [-0.3, -0.25) is 14.5 Å². The number of urea groups is 1. The number of carboxylic acids is 1. The number of carbonyl (C=O) groups is 4. The molecule has 2 aromatic rings. The van der Waals surface area contributed by atoms with Gasteiger partial charge >= 0.3 is 12.0 Å². The number of methoxy groups -OCH3 is 1. The standard InChI is InChI=1S/C24H25ClFN3O6/c1-3-19(13-4-6-17(23(32)33)18(26)10-13)28-24(34)29-12-21(30)27-11-15(22(29)31)8-14-9-16(25)5-7-20(14)35-2/h4-7,9-10,15,19H,3,8,11-12H2,1-2H3,(H,27,30)(H,28,34)(H,32,33). The Kier molecular flexibility index (Phi) is 8.29. The molecule has 0 aliphatic carbocycles. The molecule has 186 valence electrons. The van der Waals surface area contributed by atoms with Crippen LogP contribution in [0.3, 0.4) is 0 Å². The van der Waals surface area contributed by atoms with Gasteiger partial charge < -0.3 is 20.5 Å². The van der Waals surface area contributed by atoms with Crippen LogP contribution in [-0.2, 0) is 16.0 Å². The monoisotopic (exact) mass is 505 g/mol. The zero-order valence-electron chi connectivity index (χ0n) is 19.1. The number of carboxylic acid groups (broad SMARTS) is 1. The Morgan fingerprint density at radius 1 is 1.29 bits per heavy atom. The lowest BCUT2D eigenvalue weighted by molar-refractivity contribution is -0.133. The first kappa shape index (κ1) is 26.0. The molecule has 3 rings (SSSR count). The lowest BCUT2D eigenvalue weighted by atomic mass is 9.97. The van der Waals surface area contributed by atoms with Crippen molar-refractivity contribution in [3.05, 3.63) is 63.9 Å². The van der Waals surface area contributed by atoms with Gasteiger partial charge in [-0.05, 0) is 54.3 Å². The summed E-state index contributed by atoms with van der Waals surface area (Å²) in [7, 11) is 1.49. The maximum absolute atomic E-state index is 14.2. The normalized spacial score (nSPS) is 16.8. The summed E-state index contributed by atoms with van der Waals surface area (Å²) in [5.41, 5.74) is 0.485. The van der Waals surface area contributed by atoms with Crippen molar-refractivity contribution in [1.82, 2.24) is 15.5 Å². The van der Waals surface area contributed by atoms with Crippen LogP contribution in [0, 0.1) is 11.7 Å². The Labute approximate surface area is 206 Å². The largest absolute Gasteiger partial charge is 0.496 e. The molecule has 2 aromatic carbocycles. The predicted molar refractivity (Wildman–Crippen MR) is 125 cm³/mol. The maximum atomic E-state index is 14.2. The van der Waals surface area contributed by atoms with E-state index in [1.165, 1.54) is 13.2 Å². The summed E-state index contributed by atoms with van der Waals surface area (Å²) in [4.78, 5) is 50.5. The van der Waals surface area contributed by atoms with Crippen molar-refractivity contribution >= 4 is 35.4 Å². The van der Waals surface area contributed by atoms with Crippen LogP contribution in [0.25, 0.3) is 0 Å². The lowest BCUT2D eigenvalue weighted by Gasteiger charge is -2.25. The molecule has 0 spiro atoms. The molecule has 4 amide bonds. The predicted octanol–water partition coefficient (Wildman–Crippen LogP) is 3.16. The summed E-state index contributed by atoms with van der Waals surface area (Å²) in [6, 6.07) is 6.98. The number of benzene rings is 2. The Morgan fingerprint density at radius 3 is 2.66 bits per heavy atom. The number of aromatic carboxylic acids is 1. The Morgan fingerprint density at radius 2 is 2.03 bits per heavy atom. The molecule has 3 N–H and O–H groups in total. The number of rotatable bonds is 7. The SMILES string of the molecule is CCC(NC(=O)N1CC(=O)NCC(Cc2cc(Cl)ccc2OC)C1=O)c1ccc(C(=O)O)c(F)c1. The van der Waals surface area contributed by atoms with Crippen LogP contribution in [0.15, 0.2) is 36.4 Å². The number of nitrogens with zero attached hydrogens (tertiary/aromatic N) is 1. The van der Waals surface area contributed by atoms with E-state index in [2.05, 4.69) is 10.6 Å². The van der Waals surface area contributed by atoms with E-state index in [0.717, 1.165) is 17.0 Å². The first-order valence-corrected chi connectivity index (χ1v) is 11.3. The van der Waals surface area contributed by atoms with Crippen molar-refractivity contribution in [1.29, 1.82) is 0 Å². The van der Waals surface area contributed by atoms with Crippen molar-refractivity contribution in [3.63, 3.8) is 0 Å². The van der Waals surface area contributed by atoms with Crippen LogP contribution < -0.4 is 15.4 Å². The van der Waals surface area contributed by atoms with E-state index in [-0.39, 0.29) is 13.0 Å². The third-order valence-electron chi connectivity index (χ3n) is 5.75. The second kappa shape index (κ2) is 11.2. The minimum atomic E-state index is -1.41. The smallest absolute Gasteiger partial charge is 0.338 e. The quantitative estimate of drug-likeness (QED) is 0.531. The summed E-state index contributed by atoms with van der Waals surface area (Å²) < 4.78 is 19.5. The van der Waals surface area contributed by atoms with Gasteiger partial charge in [0.25, 0.3) is 0 Å². The molecule has 9 nitrogen and oxygen atoms in total. The van der Waals surface area contributed by atoms with Gasteiger partial charge in [0, 0.05) is 11.6 Å². The van der Waals surface area contributed by atoms with Crippen LogP contribution in [-0.4, -0.2) is 54.0 Å². The van der Waals surface area contributed by atoms with Gasteiger partial charge in [0.2, 0.25) is 11.8 Å². The minimum absolute atomic E-state index is 0.0240. The zero-order chi connectivity index (χ0) is 25.7. The highest BCUT2D eigenvalue weighted by atomic mass is 35.5. The number of hydrogen-bond acceptors (Lipinski definition) is 5. The van der Waals surface area contributed by atoms with Crippen molar-refractivity contribution in [2.45, 2.75) is 25.8 Å². The first-order valence-electron chi connectivity index (χ1n) is 10.9. The fraction of sp³-hybridized carbons (Fsp3) is 0.333. The molecule has 11 heteroatoms. The number of hydrogen-bond donors (Lipinski definition) is 3. The maximum Gasteiger partial charge on any atom is 0.338 e. The summed E-state index contributed by atoms with van der Waals surface area (Å²) in [5.74, 6) is -3.65. The van der Waals surface area contributed by atoms with E-state index < -0.39 is 53.7 Å². The minimum Gasteiger partial charge on any atom is -0.496 e. The van der Waals surface area contributed by atoms with Crippen molar-refractivity contribution in [3.8, 4) is 5.75 Å². The average Bonchev–Trinajstić information content (AvgIpc) is 2.96. The summed E-state index contributed by atoms with van der Waals surface area (Å²) >= 11 is 6.09. The topological polar surface area (TPSA) is 125 Å². The molecule has 2 atom stereocenters. The van der Waals surface area contributed by atoms with E-state index in [0.29, 0.717) is 28.3 Å². The van der Waals surface area contributed by atoms with Gasteiger partial charge in [-0.15, -0.1) is 0 Å². The third-order valence-corrected chi connectivity index (χ3v) is 5.98. The third kappa shape index (κ3) is 6.07. The molecule has 1 aliphatic heterocycles. The molecule has 0 saturated carbocycles. The molecule has 1 aliphatic rings. The van der Waals surface area contributed by atoms with E-state index >= 15 is 0 Å². The fourth-order valence-corrected chi connectivity index (χ4v) is 4.09. The van der Waals surface area contributed by atoms with Gasteiger partial charge in [0.15, 0.2) is 0 Å². The molecule has 35 heavy (non-hydrogen) atoms. The van der Waals surface area contributed by atoms with Crippen LogP contribution in [0.1, 0.15) is 40.9 Å². The van der Waals surface area contributed by atoms with Gasteiger partial charge in [0.05, 0.1) is 24.6 Å². The van der Waals surface area contributed by atoms with Gasteiger partial charge in [0.1, 0.15) is 18.1 Å². The molecule has 1 saturated heterocycles. The molecule has 0 aromatic heterocycles. The van der Waals surface area contributed by atoms with Crippen molar-refractivity contribution in [2.75, 3.05) is 20.2 Å². The second-order valence-electron chi connectivity index (χ2n) is 8.04. The Bertz CT molecular complexity index is 1160. The molecule has 0 bridgehead atoms. The number of nitrogens with one attached hydrogen (secondary N) is 2. The van der Waals surface area contributed by atoms with E-state index in [9.17, 15) is 23.6 Å². The summed E-state index contributed by atoms with van der Waals surface area (Å²) in [5, 5.41) is 14.8.